The maximum Gasteiger partial charge on any atom is 0.224 e. The van der Waals surface area contributed by atoms with Crippen molar-refractivity contribution in [3.63, 3.8) is 0 Å². The van der Waals surface area contributed by atoms with Crippen LogP contribution in [0, 0.1) is 6.92 Å². The van der Waals surface area contributed by atoms with E-state index in [0.29, 0.717) is 5.69 Å². The van der Waals surface area contributed by atoms with Gasteiger partial charge in [0.1, 0.15) is 0 Å². The first-order valence-corrected chi connectivity index (χ1v) is 5.61. The van der Waals surface area contributed by atoms with Crippen LogP contribution in [0.5, 0.6) is 0 Å². The first kappa shape index (κ1) is 10.5. The van der Waals surface area contributed by atoms with E-state index in [1.807, 2.05) is 6.92 Å². The van der Waals surface area contributed by atoms with Crippen LogP contribution in [-0.2, 0) is 0 Å². The lowest BCUT2D eigenvalue weighted by Crippen LogP contribution is -2.31. The lowest BCUT2D eigenvalue weighted by molar-refractivity contribution is 0.573. The fourth-order valence-corrected chi connectivity index (χ4v) is 2.09. The summed E-state index contributed by atoms with van der Waals surface area (Å²) in [6, 6.07) is 0. The summed E-state index contributed by atoms with van der Waals surface area (Å²) < 4.78 is 0. The number of hydrogen-bond donors (Lipinski definition) is 1. The van der Waals surface area contributed by atoms with Crippen molar-refractivity contribution in [1.29, 1.82) is 0 Å². The molecule has 0 radical (unpaired) electrons. The molecular formula is C10H15ClN4. The van der Waals surface area contributed by atoms with Gasteiger partial charge in [0, 0.05) is 13.1 Å². The predicted octanol–water partition coefficient (Wildman–Crippen LogP) is 2.01. The van der Waals surface area contributed by atoms with E-state index >= 15 is 0 Å². The highest BCUT2D eigenvalue weighted by Crippen LogP contribution is 2.26. The molecule has 2 rings (SSSR count). The van der Waals surface area contributed by atoms with E-state index in [0.717, 1.165) is 24.6 Å². The summed E-state index contributed by atoms with van der Waals surface area (Å²) >= 11 is 5.84. The van der Waals surface area contributed by atoms with Gasteiger partial charge in [0.25, 0.3) is 0 Å². The van der Waals surface area contributed by atoms with Gasteiger partial charge in [-0.25, -0.2) is 4.98 Å². The largest absolute Gasteiger partial charge is 0.394 e. The molecule has 0 amide bonds. The molecule has 1 fully saturated rings. The standard InChI is InChI=1S/C10H15ClN4/c1-7-8(12)9(14-10(11)13-7)15-5-3-2-4-6-15/h2-6,12H2,1H3. The Morgan fingerprint density at radius 2 is 1.87 bits per heavy atom. The van der Waals surface area contributed by atoms with Crippen molar-refractivity contribution in [2.75, 3.05) is 23.7 Å². The molecule has 5 heteroatoms. The van der Waals surface area contributed by atoms with Gasteiger partial charge in [-0.3, -0.25) is 0 Å². The second kappa shape index (κ2) is 4.23. The van der Waals surface area contributed by atoms with E-state index in [2.05, 4.69) is 14.9 Å². The van der Waals surface area contributed by atoms with Crippen LogP contribution in [0.2, 0.25) is 5.28 Å². The number of anilines is 2. The number of rotatable bonds is 1. The summed E-state index contributed by atoms with van der Waals surface area (Å²) in [5.74, 6) is 0.798. The number of nitrogens with zero attached hydrogens (tertiary/aromatic N) is 3. The van der Waals surface area contributed by atoms with Gasteiger partial charge >= 0.3 is 0 Å². The fourth-order valence-electron chi connectivity index (χ4n) is 1.88. The summed E-state index contributed by atoms with van der Waals surface area (Å²) in [6.45, 7) is 3.88. The topological polar surface area (TPSA) is 55.0 Å². The quantitative estimate of drug-likeness (QED) is 0.745. The number of piperidine rings is 1. The molecule has 1 aromatic rings. The number of nitrogens with two attached hydrogens (primary N) is 1. The van der Waals surface area contributed by atoms with Gasteiger partial charge < -0.3 is 10.6 Å². The van der Waals surface area contributed by atoms with Crippen LogP contribution >= 0.6 is 11.6 Å². The van der Waals surface area contributed by atoms with E-state index < -0.39 is 0 Å². The second-order valence-corrected chi connectivity index (χ2v) is 4.20. The third kappa shape index (κ3) is 2.15. The normalized spacial score (nSPS) is 16.8. The molecule has 1 aromatic heterocycles. The lowest BCUT2D eigenvalue weighted by Gasteiger charge is -2.28. The van der Waals surface area contributed by atoms with E-state index in [4.69, 9.17) is 17.3 Å². The Balaban J connectivity index is 2.33. The Hall–Kier alpha value is -1.03. The van der Waals surface area contributed by atoms with Crippen LogP contribution in [0.25, 0.3) is 0 Å². The van der Waals surface area contributed by atoms with Gasteiger partial charge in [-0.1, -0.05) is 0 Å². The van der Waals surface area contributed by atoms with Gasteiger partial charge in [-0.2, -0.15) is 4.98 Å². The zero-order chi connectivity index (χ0) is 10.8. The number of hydrogen-bond acceptors (Lipinski definition) is 4. The minimum Gasteiger partial charge on any atom is -0.394 e. The highest BCUT2D eigenvalue weighted by atomic mass is 35.5. The van der Waals surface area contributed by atoms with Crippen molar-refractivity contribution in [2.24, 2.45) is 0 Å². The molecule has 15 heavy (non-hydrogen) atoms. The molecule has 1 aliphatic heterocycles. The van der Waals surface area contributed by atoms with Crippen molar-refractivity contribution in [2.45, 2.75) is 26.2 Å². The van der Waals surface area contributed by atoms with Crippen LogP contribution in [0.1, 0.15) is 25.0 Å². The summed E-state index contributed by atoms with van der Waals surface area (Å²) in [7, 11) is 0. The maximum absolute atomic E-state index is 5.96. The van der Waals surface area contributed by atoms with E-state index in [1.54, 1.807) is 0 Å². The summed E-state index contributed by atoms with van der Waals surface area (Å²) in [4.78, 5) is 10.4. The molecular weight excluding hydrogens is 212 g/mol. The molecule has 2 heterocycles. The lowest BCUT2D eigenvalue weighted by atomic mass is 10.1. The molecule has 1 aliphatic rings. The SMILES string of the molecule is Cc1nc(Cl)nc(N2CCCCC2)c1N. The second-order valence-electron chi connectivity index (χ2n) is 3.86. The molecule has 0 aromatic carbocycles. The first-order chi connectivity index (χ1) is 7.18. The number of halogens is 1. The molecule has 82 valence electrons. The zero-order valence-corrected chi connectivity index (χ0v) is 9.59. The highest BCUT2D eigenvalue weighted by Gasteiger charge is 2.17. The molecule has 0 atom stereocenters. The highest BCUT2D eigenvalue weighted by molar-refractivity contribution is 6.28. The van der Waals surface area contributed by atoms with Crippen LogP contribution < -0.4 is 10.6 Å². The summed E-state index contributed by atoms with van der Waals surface area (Å²) in [6.07, 6.45) is 3.68. The molecule has 0 aliphatic carbocycles. The van der Waals surface area contributed by atoms with Crippen LogP contribution in [0.3, 0.4) is 0 Å². The van der Waals surface area contributed by atoms with Gasteiger partial charge in [0.2, 0.25) is 5.28 Å². The van der Waals surface area contributed by atoms with Crippen LogP contribution in [0.4, 0.5) is 11.5 Å². The summed E-state index contributed by atoms with van der Waals surface area (Å²) in [5.41, 5.74) is 7.37. The molecule has 4 nitrogen and oxygen atoms in total. The Bertz CT molecular complexity index is 361. The molecule has 2 N–H and O–H groups in total. The van der Waals surface area contributed by atoms with E-state index in [-0.39, 0.29) is 5.28 Å². The number of nitrogen functional groups attached to an aromatic ring is 1. The minimum atomic E-state index is 0.280. The van der Waals surface area contributed by atoms with Crippen LogP contribution in [0.15, 0.2) is 0 Å². The van der Waals surface area contributed by atoms with Gasteiger partial charge in [0.15, 0.2) is 5.82 Å². The zero-order valence-electron chi connectivity index (χ0n) is 8.83. The van der Waals surface area contributed by atoms with Crippen molar-refractivity contribution in [3.8, 4) is 0 Å². The average Bonchev–Trinajstić information content (AvgIpc) is 2.24. The Morgan fingerprint density at radius 3 is 2.53 bits per heavy atom. The monoisotopic (exact) mass is 226 g/mol. The Labute approximate surface area is 94.5 Å². The van der Waals surface area contributed by atoms with E-state index in [9.17, 15) is 0 Å². The smallest absolute Gasteiger partial charge is 0.224 e. The molecule has 0 bridgehead atoms. The van der Waals surface area contributed by atoms with Crippen molar-refractivity contribution in [3.05, 3.63) is 11.0 Å². The van der Waals surface area contributed by atoms with Crippen molar-refractivity contribution >= 4 is 23.1 Å². The number of aryl methyl sites for hydroxylation is 1. The molecule has 0 saturated carbocycles. The Morgan fingerprint density at radius 1 is 1.20 bits per heavy atom. The maximum atomic E-state index is 5.96. The third-order valence-electron chi connectivity index (χ3n) is 2.74. The van der Waals surface area contributed by atoms with Crippen molar-refractivity contribution in [1.82, 2.24) is 9.97 Å². The van der Waals surface area contributed by atoms with Crippen LogP contribution in [-0.4, -0.2) is 23.1 Å². The molecule has 1 saturated heterocycles. The van der Waals surface area contributed by atoms with Gasteiger partial charge in [0.05, 0.1) is 11.4 Å². The number of aromatic nitrogens is 2. The first-order valence-electron chi connectivity index (χ1n) is 5.23. The summed E-state index contributed by atoms with van der Waals surface area (Å²) in [5, 5.41) is 0.280. The predicted molar refractivity (Wildman–Crippen MR) is 62.3 cm³/mol. The Kier molecular flexibility index (Phi) is 2.95. The average molecular weight is 227 g/mol. The van der Waals surface area contributed by atoms with E-state index in [1.165, 1.54) is 19.3 Å². The fraction of sp³-hybridized carbons (Fsp3) is 0.600. The molecule has 0 spiro atoms. The van der Waals surface area contributed by atoms with Crippen molar-refractivity contribution < 1.29 is 0 Å². The minimum absolute atomic E-state index is 0.280. The van der Waals surface area contributed by atoms with Gasteiger partial charge in [-0.15, -0.1) is 0 Å². The van der Waals surface area contributed by atoms with Gasteiger partial charge in [-0.05, 0) is 37.8 Å². The molecule has 0 unspecified atom stereocenters. The third-order valence-corrected chi connectivity index (χ3v) is 2.91.